The van der Waals surface area contributed by atoms with Gasteiger partial charge in [0.25, 0.3) is 0 Å². The number of aromatic nitrogens is 2. The van der Waals surface area contributed by atoms with Gasteiger partial charge < -0.3 is 15.4 Å². The van der Waals surface area contributed by atoms with Crippen molar-refractivity contribution in [3.8, 4) is 0 Å². The van der Waals surface area contributed by atoms with Crippen LogP contribution in [0.1, 0.15) is 33.3 Å². The van der Waals surface area contributed by atoms with Gasteiger partial charge in [0, 0.05) is 29.7 Å². The van der Waals surface area contributed by atoms with Gasteiger partial charge in [0.15, 0.2) is 5.11 Å². The van der Waals surface area contributed by atoms with Crippen molar-refractivity contribution in [2.75, 3.05) is 12.4 Å². The van der Waals surface area contributed by atoms with Crippen molar-refractivity contribution in [1.29, 1.82) is 0 Å². The summed E-state index contributed by atoms with van der Waals surface area (Å²) in [6.45, 7) is 7.31. The molecule has 8 heteroatoms. The van der Waals surface area contributed by atoms with Crippen LogP contribution < -0.4 is 10.6 Å². The summed E-state index contributed by atoms with van der Waals surface area (Å²) in [5.74, 6) is -0.360. The van der Waals surface area contributed by atoms with Gasteiger partial charge in [-0.2, -0.15) is 5.10 Å². The molecule has 0 unspecified atom stereocenters. The van der Waals surface area contributed by atoms with Gasteiger partial charge in [-0.25, -0.2) is 4.79 Å². The first kappa shape index (κ1) is 17.4. The van der Waals surface area contributed by atoms with Crippen LogP contribution >= 0.6 is 23.6 Å². The van der Waals surface area contributed by atoms with Gasteiger partial charge >= 0.3 is 5.97 Å². The Morgan fingerprint density at radius 1 is 1.48 bits per heavy atom. The Kier molecular flexibility index (Phi) is 5.73. The maximum atomic E-state index is 11.9. The van der Waals surface area contributed by atoms with Crippen LogP contribution in [0.2, 0.25) is 0 Å². The quantitative estimate of drug-likeness (QED) is 0.637. The Hall–Kier alpha value is -1.93. The van der Waals surface area contributed by atoms with Crippen LogP contribution in [0.3, 0.4) is 0 Å². The molecule has 0 aliphatic carbocycles. The topological polar surface area (TPSA) is 68.2 Å². The number of ether oxygens (including phenoxy) is 1. The molecule has 6 nitrogen and oxygen atoms in total. The van der Waals surface area contributed by atoms with Crippen LogP contribution in [0.25, 0.3) is 0 Å². The summed E-state index contributed by atoms with van der Waals surface area (Å²) in [4.78, 5) is 13.0. The molecule has 0 saturated carbocycles. The van der Waals surface area contributed by atoms with Crippen molar-refractivity contribution in [3.63, 3.8) is 0 Å². The van der Waals surface area contributed by atoms with Crippen LogP contribution in [0.5, 0.6) is 0 Å². The highest BCUT2D eigenvalue weighted by Crippen LogP contribution is 2.32. The molecule has 23 heavy (non-hydrogen) atoms. The number of rotatable bonds is 5. The van der Waals surface area contributed by atoms with E-state index in [0.717, 1.165) is 22.5 Å². The number of esters is 1. The number of methoxy groups -OCH3 is 1. The minimum absolute atomic E-state index is 0.360. The zero-order valence-electron chi connectivity index (χ0n) is 13.6. The fourth-order valence-electron chi connectivity index (χ4n) is 2.06. The number of carbonyl (C=O) groups is 1. The number of aryl methyl sites for hydroxylation is 2. The van der Waals surface area contributed by atoms with E-state index in [2.05, 4.69) is 15.7 Å². The zero-order chi connectivity index (χ0) is 17.0. The van der Waals surface area contributed by atoms with E-state index in [4.69, 9.17) is 17.0 Å². The largest absolute Gasteiger partial charge is 0.465 e. The number of nitrogens with zero attached hydrogens (tertiary/aromatic N) is 2. The molecule has 0 fully saturated rings. The highest BCUT2D eigenvalue weighted by Gasteiger charge is 2.20. The van der Waals surface area contributed by atoms with E-state index in [1.807, 2.05) is 31.6 Å². The van der Waals surface area contributed by atoms with Crippen LogP contribution in [0.4, 0.5) is 5.00 Å². The molecule has 2 aromatic rings. The van der Waals surface area contributed by atoms with Crippen molar-refractivity contribution in [2.45, 2.75) is 33.9 Å². The summed E-state index contributed by atoms with van der Waals surface area (Å²) in [6.07, 6.45) is 3.77. The van der Waals surface area contributed by atoms with Gasteiger partial charge in [-0.05, 0) is 38.6 Å². The Balaban J connectivity index is 2.02. The summed E-state index contributed by atoms with van der Waals surface area (Å²) < 4.78 is 6.71. The Bertz CT molecular complexity index is 721. The molecule has 0 aliphatic rings. The maximum absolute atomic E-state index is 11.9. The molecule has 0 amide bonds. The first-order chi connectivity index (χ1) is 11.0. The Labute approximate surface area is 144 Å². The van der Waals surface area contributed by atoms with Gasteiger partial charge in [0.1, 0.15) is 5.00 Å². The van der Waals surface area contributed by atoms with Crippen molar-refractivity contribution >= 4 is 39.6 Å². The predicted molar refractivity (Wildman–Crippen MR) is 96.1 cm³/mol. The summed E-state index contributed by atoms with van der Waals surface area (Å²) in [7, 11) is 1.38. The molecule has 0 spiro atoms. The number of hydrogen-bond donors (Lipinski definition) is 2. The van der Waals surface area contributed by atoms with Gasteiger partial charge in [-0.1, -0.05) is 0 Å². The van der Waals surface area contributed by atoms with Crippen LogP contribution in [-0.2, 0) is 17.8 Å². The van der Waals surface area contributed by atoms with Crippen LogP contribution in [-0.4, -0.2) is 28.0 Å². The molecule has 0 aromatic carbocycles. The van der Waals surface area contributed by atoms with Crippen molar-refractivity contribution < 1.29 is 9.53 Å². The fourth-order valence-corrected chi connectivity index (χ4v) is 3.35. The first-order valence-electron chi connectivity index (χ1n) is 7.20. The third-order valence-electron chi connectivity index (χ3n) is 3.47. The highest BCUT2D eigenvalue weighted by atomic mass is 32.1. The number of thiocarbonyl (C=S) groups is 1. The van der Waals surface area contributed by atoms with E-state index in [1.54, 1.807) is 6.20 Å². The Morgan fingerprint density at radius 2 is 2.22 bits per heavy atom. The fraction of sp³-hybridized carbons (Fsp3) is 0.400. The van der Waals surface area contributed by atoms with E-state index in [0.29, 0.717) is 22.2 Å². The van der Waals surface area contributed by atoms with E-state index in [1.165, 1.54) is 18.4 Å². The van der Waals surface area contributed by atoms with Crippen LogP contribution in [0, 0.1) is 13.8 Å². The number of hydrogen-bond acceptors (Lipinski definition) is 5. The average molecular weight is 352 g/mol. The lowest BCUT2D eigenvalue weighted by Crippen LogP contribution is -2.28. The summed E-state index contributed by atoms with van der Waals surface area (Å²) >= 11 is 6.80. The number of nitrogens with one attached hydrogen (secondary N) is 2. The lowest BCUT2D eigenvalue weighted by Gasteiger charge is -2.10. The van der Waals surface area contributed by atoms with Gasteiger partial charge in [0.2, 0.25) is 0 Å². The average Bonchev–Trinajstić information content (AvgIpc) is 3.10. The molecule has 0 atom stereocenters. The molecule has 0 radical (unpaired) electrons. The lowest BCUT2D eigenvalue weighted by molar-refractivity contribution is 0.0601. The number of anilines is 1. The molecular formula is C15H20N4O2S2. The molecule has 0 saturated heterocycles. The molecule has 2 aromatic heterocycles. The standard InChI is InChI=1S/C15H20N4O2S2/c1-5-19-8-11(7-17-19)6-16-15(22)18-13-12(14(20)21-4)9(2)10(3)23-13/h7-8H,5-6H2,1-4H3,(H2,16,18,22). The van der Waals surface area contributed by atoms with Crippen molar-refractivity contribution in [3.05, 3.63) is 34.0 Å². The van der Waals surface area contributed by atoms with Crippen molar-refractivity contribution in [2.24, 2.45) is 0 Å². The van der Waals surface area contributed by atoms with Gasteiger partial charge in [0.05, 0.1) is 18.9 Å². The van der Waals surface area contributed by atoms with E-state index < -0.39 is 0 Å². The predicted octanol–water partition coefficient (Wildman–Crippen LogP) is 2.85. The monoisotopic (exact) mass is 352 g/mol. The molecular weight excluding hydrogens is 332 g/mol. The van der Waals surface area contributed by atoms with Crippen LogP contribution in [0.15, 0.2) is 12.4 Å². The highest BCUT2D eigenvalue weighted by molar-refractivity contribution is 7.80. The summed E-state index contributed by atoms with van der Waals surface area (Å²) in [5, 5.41) is 11.6. The maximum Gasteiger partial charge on any atom is 0.341 e. The van der Waals surface area contributed by atoms with Gasteiger partial charge in [-0.3, -0.25) is 4.68 Å². The number of thiophene rings is 1. The van der Waals surface area contributed by atoms with E-state index in [9.17, 15) is 4.79 Å². The molecule has 124 valence electrons. The second-order valence-corrected chi connectivity index (χ2v) is 6.62. The second kappa shape index (κ2) is 7.56. The summed E-state index contributed by atoms with van der Waals surface area (Å²) in [5.41, 5.74) is 2.50. The lowest BCUT2D eigenvalue weighted by atomic mass is 10.1. The summed E-state index contributed by atoms with van der Waals surface area (Å²) in [6, 6.07) is 0. The zero-order valence-corrected chi connectivity index (χ0v) is 15.2. The molecule has 2 rings (SSSR count). The van der Waals surface area contributed by atoms with Gasteiger partial charge in [-0.15, -0.1) is 11.3 Å². The van der Waals surface area contributed by atoms with E-state index in [-0.39, 0.29) is 5.97 Å². The molecule has 0 aliphatic heterocycles. The number of carbonyl (C=O) groups excluding carboxylic acids is 1. The minimum atomic E-state index is -0.360. The first-order valence-corrected chi connectivity index (χ1v) is 8.43. The smallest absolute Gasteiger partial charge is 0.341 e. The molecule has 2 N–H and O–H groups in total. The third kappa shape index (κ3) is 4.08. The molecule has 0 bridgehead atoms. The third-order valence-corrected chi connectivity index (χ3v) is 4.83. The van der Waals surface area contributed by atoms with E-state index >= 15 is 0 Å². The Morgan fingerprint density at radius 3 is 2.83 bits per heavy atom. The normalized spacial score (nSPS) is 10.4. The SMILES string of the molecule is CCn1cc(CNC(=S)Nc2sc(C)c(C)c2C(=O)OC)cn1. The minimum Gasteiger partial charge on any atom is -0.465 e. The second-order valence-electron chi connectivity index (χ2n) is 4.99. The molecule has 2 heterocycles. The van der Waals surface area contributed by atoms with Crippen molar-refractivity contribution in [1.82, 2.24) is 15.1 Å².